The summed E-state index contributed by atoms with van der Waals surface area (Å²) in [5.74, 6) is -0.498. The monoisotopic (exact) mass is 329 g/mol. The molecule has 0 bridgehead atoms. The minimum absolute atomic E-state index is 0.153. The topological polar surface area (TPSA) is 65.6 Å². The van der Waals surface area contributed by atoms with Crippen molar-refractivity contribution in [2.24, 2.45) is 0 Å². The lowest BCUT2D eigenvalue weighted by Gasteiger charge is -2.34. The van der Waals surface area contributed by atoms with Gasteiger partial charge in [0, 0.05) is 32.2 Å². The van der Waals surface area contributed by atoms with Gasteiger partial charge >= 0.3 is 5.97 Å². The van der Waals surface area contributed by atoms with Crippen LogP contribution in [0.5, 0.6) is 0 Å². The minimum Gasteiger partial charge on any atom is -0.461 e. The van der Waals surface area contributed by atoms with Crippen LogP contribution in [-0.4, -0.2) is 55.7 Å². The first-order chi connectivity index (χ1) is 11.5. The van der Waals surface area contributed by atoms with Gasteiger partial charge in [0.1, 0.15) is 5.69 Å². The first kappa shape index (κ1) is 16.5. The van der Waals surface area contributed by atoms with Gasteiger partial charge in [0.05, 0.1) is 23.2 Å². The smallest absolute Gasteiger partial charge is 0.354 e. The van der Waals surface area contributed by atoms with Crippen molar-refractivity contribution in [2.45, 2.75) is 13.8 Å². The fraction of sp³-hybridized carbons (Fsp3) is 0.444. The second-order valence-electron chi connectivity index (χ2n) is 6.21. The Morgan fingerprint density at radius 3 is 2.62 bits per heavy atom. The van der Waals surface area contributed by atoms with Gasteiger partial charge in [-0.05, 0) is 32.5 Å². The van der Waals surface area contributed by atoms with Crippen LogP contribution in [0.25, 0.3) is 10.9 Å². The normalized spacial score (nSPS) is 15.7. The van der Waals surface area contributed by atoms with Gasteiger partial charge in [-0.15, -0.1) is 0 Å². The van der Waals surface area contributed by atoms with Gasteiger partial charge in [0.2, 0.25) is 0 Å². The maximum atomic E-state index is 12.6. The van der Waals surface area contributed by atoms with Gasteiger partial charge in [-0.1, -0.05) is 6.07 Å². The average Bonchev–Trinajstić information content (AvgIpc) is 2.56. The van der Waals surface area contributed by atoms with E-state index in [1.165, 1.54) is 6.07 Å². The third-order valence-corrected chi connectivity index (χ3v) is 4.51. The van der Waals surface area contributed by atoms with E-state index in [4.69, 9.17) is 4.74 Å². The quantitative estimate of drug-likeness (QED) is 0.870. The van der Waals surface area contributed by atoms with E-state index in [9.17, 15) is 9.59 Å². The first-order valence-electron chi connectivity index (χ1n) is 8.28. The van der Waals surface area contributed by atoms with Gasteiger partial charge in [-0.2, -0.15) is 0 Å². The highest BCUT2D eigenvalue weighted by Gasteiger charge is 2.20. The molecule has 1 fully saturated rings. The van der Waals surface area contributed by atoms with Crippen molar-refractivity contribution in [3.63, 3.8) is 0 Å². The van der Waals surface area contributed by atoms with E-state index >= 15 is 0 Å². The number of aromatic nitrogens is 1. The molecule has 1 aliphatic rings. The maximum absolute atomic E-state index is 12.6. The standard InChI is InChI=1S/C18H23N3O3/c1-4-24-18(23)13-11-15(22)16-12(2)5-6-14(17(16)19-13)21-9-7-20(3)8-10-21/h5-6,11H,4,7-10H2,1-3H3,(H,19,22). The summed E-state index contributed by atoms with van der Waals surface area (Å²) in [6, 6.07) is 5.32. The van der Waals surface area contributed by atoms with Crippen molar-refractivity contribution in [3.8, 4) is 0 Å². The molecule has 3 rings (SSSR count). The van der Waals surface area contributed by atoms with E-state index in [0.717, 1.165) is 42.9 Å². The van der Waals surface area contributed by atoms with Crippen LogP contribution in [0, 0.1) is 6.92 Å². The first-order valence-corrected chi connectivity index (χ1v) is 8.28. The van der Waals surface area contributed by atoms with E-state index in [1.807, 2.05) is 19.1 Å². The summed E-state index contributed by atoms with van der Waals surface area (Å²) in [5.41, 5.74) is 2.64. The number of anilines is 1. The highest BCUT2D eigenvalue weighted by molar-refractivity contribution is 5.97. The van der Waals surface area contributed by atoms with Crippen molar-refractivity contribution in [2.75, 3.05) is 44.7 Å². The molecule has 1 aromatic carbocycles. The Hall–Kier alpha value is -2.34. The molecule has 24 heavy (non-hydrogen) atoms. The van der Waals surface area contributed by atoms with Crippen molar-refractivity contribution >= 4 is 22.6 Å². The fourth-order valence-electron chi connectivity index (χ4n) is 3.14. The summed E-state index contributed by atoms with van der Waals surface area (Å²) in [7, 11) is 2.10. The number of likely N-dealkylation sites (N-methyl/N-ethyl adjacent to an activating group) is 1. The molecule has 0 unspecified atom stereocenters. The number of H-pyrrole nitrogens is 1. The molecule has 6 nitrogen and oxygen atoms in total. The molecule has 0 atom stereocenters. The maximum Gasteiger partial charge on any atom is 0.354 e. The number of aryl methyl sites for hydroxylation is 1. The van der Waals surface area contributed by atoms with Crippen LogP contribution in [0.1, 0.15) is 23.0 Å². The SMILES string of the molecule is CCOC(=O)c1cc(=O)c2c(C)ccc(N3CCN(C)CC3)c2[nH]1. The van der Waals surface area contributed by atoms with Crippen LogP contribution in [0.3, 0.4) is 0 Å². The molecule has 2 aromatic rings. The molecular formula is C18H23N3O3. The molecule has 0 saturated carbocycles. The predicted octanol–water partition coefficient (Wildman–Crippen LogP) is 1.77. The lowest BCUT2D eigenvalue weighted by atomic mass is 10.1. The van der Waals surface area contributed by atoms with E-state index in [1.54, 1.807) is 6.92 Å². The van der Waals surface area contributed by atoms with Crippen LogP contribution >= 0.6 is 0 Å². The second-order valence-corrected chi connectivity index (χ2v) is 6.21. The van der Waals surface area contributed by atoms with Crippen LogP contribution < -0.4 is 10.3 Å². The van der Waals surface area contributed by atoms with E-state index < -0.39 is 5.97 Å². The zero-order valence-corrected chi connectivity index (χ0v) is 14.4. The third-order valence-electron chi connectivity index (χ3n) is 4.51. The Labute approximate surface area is 141 Å². The molecule has 0 aliphatic carbocycles. The number of ether oxygens (including phenoxy) is 1. The fourth-order valence-corrected chi connectivity index (χ4v) is 3.14. The number of pyridine rings is 1. The zero-order valence-electron chi connectivity index (χ0n) is 14.4. The van der Waals surface area contributed by atoms with Crippen molar-refractivity contribution in [1.29, 1.82) is 0 Å². The van der Waals surface area contributed by atoms with Crippen LogP contribution in [0.2, 0.25) is 0 Å². The van der Waals surface area contributed by atoms with Crippen molar-refractivity contribution in [3.05, 3.63) is 39.7 Å². The van der Waals surface area contributed by atoms with Crippen LogP contribution in [0.15, 0.2) is 23.0 Å². The van der Waals surface area contributed by atoms with Crippen molar-refractivity contribution < 1.29 is 9.53 Å². The summed E-state index contributed by atoms with van der Waals surface area (Å²) in [5, 5.41) is 0.638. The molecule has 0 radical (unpaired) electrons. The Morgan fingerprint density at radius 2 is 1.96 bits per heavy atom. The molecule has 0 spiro atoms. The summed E-state index contributed by atoms with van der Waals surface area (Å²) >= 11 is 0. The number of rotatable bonds is 3. The number of carbonyl (C=O) groups excluding carboxylic acids is 1. The molecule has 1 N–H and O–H groups in total. The molecule has 128 valence electrons. The van der Waals surface area contributed by atoms with Gasteiger partial charge in [0.15, 0.2) is 5.43 Å². The second kappa shape index (κ2) is 6.65. The molecular weight excluding hydrogens is 306 g/mol. The summed E-state index contributed by atoms with van der Waals surface area (Å²) in [6.45, 7) is 7.65. The van der Waals surface area contributed by atoms with Gasteiger partial charge < -0.3 is 19.5 Å². The Balaban J connectivity index is 2.14. The largest absolute Gasteiger partial charge is 0.461 e. The Bertz CT molecular complexity index is 820. The van der Waals surface area contributed by atoms with Gasteiger partial charge in [-0.25, -0.2) is 4.79 Å². The van der Waals surface area contributed by atoms with Crippen LogP contribution in [-0.2, 0) is 4.74 Å². The molecule has 6 heteroatoms. The van der Waals surface area contributed by atoms with Gasteiger partial charge in [-0.3, -0.25) is 4.79 Å². The third kappa shape index (κ3) is 3.01. The van der Waals surface area contributed by atoms with E-state index in [2.05, 4.69) is 21.8 Å². The number of nitrogens with one attached hydrogen (secondary N) is 1. The number of carbonyl (C=O) groups is 1. The lowest BCUT2D eigenvalue weighted by Crippen LogP contribution is -2.44. The molecule has 1 saturated heterocycles. The predicted molar refractivity (Wildman–Crippen MR) is 95.0 cm³/mol. The summed E-state index contributed by atoms with van der Waals surface area (Å²) in [6.07, 6.45) is 0. The van der Waals surface area contributed by atoms with E-state index in [0.29, 0.717) is 5.39 Å². The number of hydrogen-bond acceptors (Lipinski definition) is 5. The number of nitrogens with zero attached hydrogens (tertiary/aromatic N) is 2. The summed E-state index contributed by atoms with van der Waals surface area (Å²) < 4.78 is 5.03. The number of piperazine rings is 1. The molecule has 2 heterocycles. The summed E-state index contributed by atoms with van der Waals surface area (Å²) in [4.78, 5) is 32.3. The lowest BCUT2D eigenvalue weighted by molar-refractivity contribution is 0.0520. The van der Waals surface area contributed by atoms with Crippen molar-refractivity contribution in [1.82, 2.24) is 9.88 Å². The number of fused-ring (bicyclic) bond motifs is 1. The average molecular weight is 329 g/mol. The number of benzene rings is 1. The number of hydrogen-bond donors (Lipinski definition) is 1. The molecule has 1 aromatic heterocycles. The van der Waals surface area contributed by atoms with E-state index in [-0.39, 0.29) is 17.7 Å². The Kier molecular flexibility index (Phi) is 4.57. The highest BCUT2D eigenvalue weighted by atomic mass is 16.5. The number of esters is 1. The molecule has 0 amide bonds. The highest BCUT2D eigenvalue weighted by Crippen LogP contribution is 2.27. The molecule has 1 aliphatic heterocycles. The van der Waals surface area contributed by atoms with Gasteiger partial charge in [0.25, 0.3) is 0 Å². The number of aromatic amines is 1. The Morgan fingerprint density at radius 1 is 1.25 bits per heavy atom. The van der Waals surface area contributed by atoms with Crippen LogP contribution in [0.4, 0.5) is 5.69 Å². The minimum atomic E-state index is -0.498. The zero-order chi connectivity index (χ0) is 17.3.